The highest BCUT2D eigenvalue weighted by Gasteiger charge is 2.17. The molecule has 0 saturated carbocycles. The number of aryl methyl sites for hydroxylation is 1. The fourth-order valence-corrected chi connectivity index (χ4v) is 2.46. The fourth-order valence-electron chi connectivity index (χ4n) is 2.46. The normalized spacial score (nSPS) is 14.2. The van der Waals surface area contributed by atoms with Gasteiger partial charge in [0, 0.05) is 6.42 Å². The molecule has 0 heterocycles. The predicted molar refractivity (Wildman–Crippen MR) is 76.0 cm³/mol. The van der Waals surface area contributed by atoms with E-state index in [1.165, 1.54) is 37.9 Å². The summed E-state index contributed by atoms with van der Waals surface area (Å²) in [5.41, 5.74) is 1.45. The zero-order valence-electron chi connectivity index (χ0n) is 11.4. The second-order valence-corrected chi connectivity index (χ2v) is 5.13. The predicted octanol–water partition coefficient (Wildman–Crippen LogP) is 3.66. The van der Waals surface area contributed by atoms with Gasteiger partial charge >= 0.3 is 0 Å². The Bertz CT molecular complexity index is 318. The lowest BCUT2D eigenvalue weighted by molar-refractivity contribution is -0.904. The van der Waals surface area contributed by atoms with Crippen LogP contribution in [-0.2, 0) is 6.42 Å². The molecule has 1 atom stereocenters. The van der Waals surface area contributed by atoms with Crippen LogP contribution in [0.4, 0.5) is 0 Å². The third kappa shape index (κ3) is 5.18. The first kappa shape index (κ1) is 14.0. The van der Waals surface area contributed by atoms with Gasteiger partial charge in [0.2, 0.25) is 0 Å². The summed E-state index contributed by atoms with van der Waals surface area (Å²) in [6, 6.07) is 10.8. The second kappa shape index (κ2) is 7.29. The smallest absolute Gasteiger partial charge is 0.0969 e. The zero-order chi connectivity index (χ0) is 12.6. The number of hydrogen-bond acceptors (Lipinski definition) is 0. The van der Waals surface area contributed by atoms with Gasteiger partial charge in [0.1, 0.15) is 0 Å². The molecule has 1 rings (SSSR count). The monoisotopic (exact) mass is 232 g/mol. The van der Waals surface area contributed by atoms with Crippen molar-refractivity contribution in [3.8, 4) is 0 Å². The average molecular weight is 232 g/mol. The molecule has 1 aromatic rings. The zero-order valence-corrected chi connectivity index (χ0v) is 11.4. The minimum absolute atomic E-state index is 1.09. The molecule has 0 N–H and O–H groups in total. The van der Waals surface area contributed by atoms with Gasteiger partial charge in [-0.2, -0.15) is 0 Å². The summed E-state index contributed by atoms with van der Waals surface area (Å²) in [5, 5.41) is 0. The Hall–Kier alpha value is -1.08. The van der Waals surface area contributed by atoms with Crippen molar-refractivity contribution in [3.63, 3.8) is 0 Å². The molecule has 0 aliphatic carbocycles. The Morgan fingerprint density at radius 1 is 1.18 bits per heavy atom. The van der Waals surface area contributed by atoms with Crippen molar-refractivity contribution in [3.05, 3.63) is 48.6 Å². The van der Waals surface area contributed by atoms with Crippen molar-refractivity contribution in [2.24, 2.45) is 0 Å². The van der Waals surface area contributed by atoms with Gasteiger partial charge in [-0.3, -0.25) is 0 Å². The van der Waals surface area contributed by atoms with E-state index in [0.717, 1.165) is 11.0 Å². The van der Waals surface area contributed by atoms with Crippen LogP contribution >= 0.6 is 0 Å². The molecule has 0 aliphatic rings. The molecule has 0 spiro atoms. The minimum Gasteiger partial charge on any atom is -0.323 e. The Balaban J connectivity index is 2.39. The Morgan fingerprint density at radius 2 is 1.88 bits per heavy atom. The van der Waals surface area contributed by atoms with Gasteiger partial charge in [-0.1, -0.05) is 43.8 Å². The summed E-state index contributed by atoms with van der Waals surface area (Å²) in [4.78, 5) is 0. The highest BCUT2D eigenvalue weighted by molar-refractivity contribution is 5.14. The summed E-state index contributed by atoms with van der Waals surface area (Å²) in [7, 11) is 2.34. The van der Waals surface area contributed by atoms with E-state index >= 15 is 0 Å². The number of quaternary nitrogens is 1. The lowest BCUT2D eigenvalue weighted by atomic mass is 10.1. The van der Waals surface area contributed by atoms with Crippen molar-refractivity contribution in [1.29, 1.82) is 0 Å². The largest absolute Gasteiger partial charge is 0.323 e. The van der Waals surface area contributed by atoms with E-state index in [9.17, 15) is 0 Å². The molecule has 1 unspecified atom stereocenters. The molecule has 1 nitrogen and oxygen atoms in total. The van der Waals surface area contributed by atoms with E-state index in [4.69, 9.17) is 0 Å². The summed E-state index contributed by atoms with van der Waals surface area (Å²) >= 11 is 0. The molecule has 0 aliphatic heterocycles. The van der Waals surface area contributed by atoms with Crippen molar-refractivity contribution >= 4 is 0 Å². The highest BCUT2D eigenvalue weighted by atomic mass is 15.3. The van der Waals surface area contributed by atoms with Gasteiger partial charge in [0.25, 0.3) is 0 Å². The number of hydrogen-bond donors (Lipinski definition) is 0. The first-order valence-corrected chi connectivity index (χ1v) is 6.68. The molecule has 1 heteroatoms. The molecule has 17 heavy (non-hydrogen) atoms. The maximum atomic E-state index is 3.88. The van der Waals surface area contributed by atoms with Crippen LogP contribution in [0.15, 0.2) is 43.0 Å². The lowest BCUT2D eigenvalue weighted by Crippen LogP contribution is -2.45. The maximum Gasteiger partial charge on any atom is 0.0969 e. The number of benzene rings is 1. The van der Waals surface area contributed by atoms with Crippen LogP contribution in [0.2, 0.25) is 0 Å². The Morgan fingerprint density at radius 3 is 2.47 bits per heavy atom. The van der Waals surface area contributed by atoms with Gasteiger partial charge in [0.05, 0.1) is 26.7 Å². The van der Waals surface area contributed by atoms with Crippen LogP contribution in [0.3, 0.4) is 0 Å². The number of rotatable bonds is 8. The number of likely N-dealkylation sites (N-methyl/N-ethyl adjacent to an activating group) is 1. The molecule has 94 valence electrons. The maximum absolute atomic E-state index is 3.88. The van der Waals surface area contributed by atoms with E-state index in [1.807, 2.05) is 0 Å². The van der Waals surface area contributed by atoms with Crippen LogP contribution in [0.25, 0.3) is 0 Å². The standard InChI is InChI=1S/C16H26N/c1-4-13-17(3,14-5-2)15-9-12-16-10-7-6-8-11-16/h4,6-8,10-11H,1,5,9,12-15H2,2-3H3/q+1. The van der Waals surface area contributed by atoms with Gasteiger partial charge in [0.15, 0.2) is 0 Å². The van der Waals surface area contributed by atoms with Crippen LogP contribution in [0.1, 0.15) is 25.3 Å². The molecule has 0 aromatic heterocycles. The molecule has 0 radical (unpaired) electrons. The number of nitrogens with zero attached hydrogens (tertiary/aromatic N) is 1. The first-order chi connectivity index (χ1) is 8.20. The summed E-state index contributed by atoms with van der Waals surface area (Å²) in [5.74, 6) is 0. The van der Waals surface area contributed by atoms with E-state index in [0.29, 0.717) is 0 Å². The molecular weight excluding hydrogens is 206 g/mol. The minimum atomic E-state index is 1.09. The third-order valence-electron chi connectivity index (χ3n) is 3.34. The second-order valence-electron chi connectivity index (χ2n) is 5.13. The van der Waals surface area contributed by atoms with Gasteiger partial charge in [-0.25, -0.2) is 0 Å². The van der Waals surface area contributed by atoms with Crippen molar-refractivity contribution in [1.82, 2.24) is 0 Å². The van der Waals surface area contributed by atoms with Gasteiger partial charge < -0.3 is 4.48 Å². The first-order valence-electron chi connectivity index (χ1n) is 6.68. The van der Waals surface area contributed by atoms with Crippen LogP contribution in [-0.4, -0.2) is 31.2 Å². The van der Waals surface area contributed by atoms with Gasteiger partial charge in [-0.05, 0) is 24.5 Å². The fraction of sp³-hybridized carbons (Fsp3) is 0.500. The Kier molecular flexibility index (Phi) is 5.99. The molecule has 0 bridgehead atoms. The third-order valence-corrected chi connectivity index (χ3v) is 3.34. The molecular formula is C16H26N+. The summed E-state index contributed by atoms with van der Waals surface area (Å²) in [6.45, 7) is 9.72. The molecule has 0 amide bonds. The van der Waals surface area contributed by atoms with E-state index < -0.39 is 0 Å². The summed E-state index contributed by atoms with van der Waals surface area (Å²) in [6.07, 6.45) is 5.75. The topological polar surface area (TPSA) is 0 Å². The molecule has 1 aromatic carbocycles. The van der Waals surface area contributed by atoms with E-state index in [2.05, 4.69) is 57.0 Å². The quantitative estimate of drug-likeness (QED) is 0.474. The van der Waals surface area contributed by atoms with Crippen molar-refractivity contribution in [2.45, 2.75) is 26.2 Å². The van der Waals surface area contributed by atoms with Crippen molar-refractivity contribution in [2.75, 3.05) is 26.7 Å². The SMILES string of the molecule is C=CC[N+](C)(CCC)CCCc1ccccc1. The highest BCUT2D eigenvalue weighted by Crippen LogP contribution is 2.09. The molecule has 0 fully saturated rings. The van der Waals surface area contributed by atoms with Gasteiger partial charge in [-0.15, -0.1) is 0 Å². The van der Waals surface area contributed by atoms with E-state index in [1.54, 1.807) is 0 Å². The lowest BCUT2D eigenvalue weighted by Gasteiger charge is -2.33. The van der Waals surface area contributed by atoms with E-state index in [-0.39, 0.29) is 0 Å². The van der Waals surface area contributed by atoms with Crippen LogP contribution in [0.5, 0.6) is 0 Å². The van der Waals surface area contributed by atoms with Crippen molar-refractivity contribution < 1.29 is 4.48 Å². The average Bonchev–Trinajstić information content (AvgIpc) is 2.31. The van der Waals surface area contributed by atoms with Crippen LogP contribution < -0.4 is 0 Å². The molecule has 0 saturated heterocycles. The summed E-state index contributed by atoms with van der Waals surface area (Å²) < 4.78 is 1.13. The Labute approximate surface area is 106 Å². The van der Waals surface area contributed by atoms with Crippen LogP contribution in [0, 0.1) is 0 Å².